The zero-order valence-electron chi connectivity index (χ0n) is 13.3. The maximum atomic E-state index is 12.1. The highest BCUT2D eigenvalue weighted by atomic mass is 79.9. The van der Waals surface area contributed by atoms with Crippen molar-refractivity contribution in [2.24, 2.45) is 5.92 Å². The fraction of sp³-hybridized carbons (Fsp3) is 0.250. The number of rotatable bonds is 7. The van der Waals surface area contributed by atoms with Gasteiger partial charge in [0.1, 0.15) is 0 Å². The van der Waals surface area contributed by atoms with E-state index in [0.29, 0.717) is 0 Å². The van der Waals surface area contributed by atoms with Gasteiger partial charge >= 0.3 is 5.97 Å². The lowest BCUT2D eigenvalue weighted by atomic mass is 9.89. The van der Waals surface area contributed by atoms with Crippen molar-refractivity contribution in [3.05, 3.63) is 76.8 Å². The van der Waals surface area contributed by atoms with Crippen LogP contribution in [0.3, 0.4) is 0 Å². The first-order valence-corrected chi connectivity index (χ1v) is 8.47. The van der Waals surface area contributed by atoms with Crippen LogP contribution in [-0.2, 0) is 16.0 Å². The van der Waals surface area contributed by atoms with Crippen LogP contribution in [0.15, 0.2) is 65.6 Å². The molecule has 1 unspecified atom stereocenters. The molecule has 0 amide bonds. The fourth-order valence-electron chi connectivity index (χ4n) is 2.60. The first kappa shape index (κ1) is 17.5. The van der Waals surface area contributed by atoms with Crippen molar-refractivity contribution in [3.8, 4) is 0 Å². The average Bonchev–Trinajstić information content (AvgIpc) is 2.59. The molecule has 3 heteroatoms. The Morgan fingerprint density at radius 2 is 1.78 bits per heavy atom. The number of aryl methyl sites for hydroxylation is 1. The number of ether oxygens (including phenoxy) is 1. The zero-order valence-corrected chi connectivity index (χ0v) is 14.9. The number of benzene rings is 2. The average molecular weight is 373 g/mol. The predicted molar refractivity (Wildman–Crippen MR) is 98.1 cm³/mol. The molecule has 0 aliphatic heterocycles. The highest BCUT2D eigenvalue weighted by Gasteiger charge is 2.23. The zero-order chi connectivity index (χ0) is 16.7. The van der Waals surface area contributed by atoms with Crippen molar-refractivity contribution in [2.75, 3.05) is 7.11 Å². The Kier molecular flexibility index (Phi) is 6.60. The summed E-state index contributed by atoms with van der Waals surface area (Å²) in [5, 5.41) is 0. The Labute approximate surface area is 146 Å². The molecule has 0 spiro atoms. The summed E-state index contributed by atoms with van der Waals surface area (Å²) in [7, 11) is 1.43. The van der Waals surface area contributed by atoms with Crippen molar-refractivity contribution >= 4 is 27.5 Å². The lowest BCUT2D eigenvalue weighted by Crippen LogP contribution is -2.18. The number of halogens is 1. The third kappa shape index (κ3) is 5.07. The van der Waals surface area contributed by atoms with Crippen molar-refractivity contribution in [1.29, 1.82) is 0 Å². The second kappa shape index (κ2) is 8.68. The maximum absolute atomic E-state index is 12.1. The Morgan fingerprint density at radius 1 is 1.13 bits per heavy atom. The van der Waals surface area contributed by atoms with E-state index in [2.05, 4.69) is 34.6 Å². The van der Waals surface area contributed by atoms with Gasteiger partial charge in [-0.2, -0.15) is 0 Å². The molecule has 120 valence electrons. The second-order valence-electron chi connectivity index (χ2n) is 5.49. The van der Waals surface area contributed by atoms with E-state index in [4.69, 9.17) is 4.74 Å². The molecule has 2 rings (SSSR count). The molecule has 0 bridgehead atoms. The van der Waals surface area contributed by atoms with E-state index >= 15 is 0 Å². The molecule has 0 N–H and O–H groups in total. The molecule has 0 saturated heterocycles. The van der Waals surface area contributed by atoms with Gasteiger partial charge in [-0.3, -0.25) is 4.79 Å². The van der Waals surface area contributed by atoms with Crippen LogP contribution in [0.25, 0.3) is 5.57 Å². The summed E-state index contributed by atoms with van der Waals surface area (Å²) in [5.74, 6) is -0.518. The minimum absolute atomic E-state index is 0.217. The Morgan fingerprint density at radius 3 is 2.39 bits per heavy atom. The van der Waals surface area contributed by atoms with E-state index in [-0.39, 0.29) is 11.9 Å². The quantitative estimate of drug-likeness (QED) is 0.618. The summed E-state index contributed by atoms with van der Waals surface area (Å²) < 4.78 is 5.98. The molecule has 0 aromatic heterocycles. The van der Waals surface area contributed by atoms with E-state index in [1.54, 1.807) is 0 Å². The highest BCUT2D eigenvalue weighted by molar-refractivity contribution is 9.10. The Balaban J connectivity index is 2.03. The summed E-state index contributed by atoms with van der Waals surface area (Å²) in [4.78, 5) is 12.1. The first-order chi connectivity index (χ1) is 11.1. The molecule has 0 fully saturated rings. The van der Waals surface area contributed by atoms with E-state index in [1.165, 1.54) is 12.7 Å². The van der Waals surface area contributed by atoms with Gasteiger partial charge in [-0.1, -0.05) is 65.0 Å². The summed E-state index contributed by atoms with van der Waals surface area (Å²) in [5.41, 5.74) is 3.08. The number of esters is 1. The van der Waals surface area contributed by atoms with Crippen molar-refractivity contribution in [1.82, 2.24) is 0 Å². The Hall–Kier alpha value is -1.87. The summed E-state index contributed by atoms with van der Waals surface area (Å²) >= 11 is 3.42. The Bertz CT molecular complexity index is 647. The second-order valence-corrected chi connectivity index (χ2v) is 6.40. The molecule has 1 atom stereocenters. The molecule has 0 aliphatic carbocycles. The monoisotopic (exact) mass is 372 g/mol. The van der Waals surface area contributed by atoms with Crippen molar-refractivity contribution < 1.29 is 9.53 Å². The SMILES string of the molecule is C=C(c1ccc(Br)cc1)C(CCCc1ccccc1)C(=O)OC. The molecule has 0 saturated carbocycles. The number of hydrogen-bond acceptors (Lipinski definition) is 2. The molecule has 0 aliphatic rings. The number of methoxy groups -OCH3 is 1. The van der Waals surface area contributed by atoms with E-state index in [1.807, 2.05) is 42.5 Å². The van der Waals surface area contributed by atoms with Gasteiger partial charge in [0, 0.05) is 4.47 Å². The van der Waals surface area contributed by atoms with Crippen LogP contribution in [0.4, 0.5) is 0 Å². The van der Waals surface area contributed by atoms with Crippen molar-refractivity contribution in [3.63, 3.8) is 0 Å². The van der Waals surface area contributed by atoms with Gasteiger partial charge in [0.05, 0.1) is 13.0 Å². The molecule has 0 radical (unpaired) electrons. The molecule has 0 heterocycles. The van der Waals surface area contributed by atoms with Crippen LogP contribution in [0.5, 0.6) is 0 Å². The lowest BCUT2D eigenvalue weighted by Gasteiger charge is -2.18. The topological polar surface area (TPSA) is 26.3 Å². The normalized spacial score (nSPS) is 11.7. The number of carbonyl (C=O) groups excluding carboxylic acids is 1. The van der Waals surface area contributed by atoms with E-state index in [9.17, 15) is 4.79 Å². The van der Waals surface area contributed by atoms with Gasteiger partial charge < -0.3 is 4.74 Å². The molecular weight excluding hydrogens is 352 g/mol. The lowest BCUT2D eigenvalue weighted by molar-refractivity contribution is -0.143. The minimum Gasteiger partial charge on any atom is -0.469 e. The van der Waals surface area contributed by atoms with Crippen LogP contribution in [0.2, 0.25) is 0 Å². The third-order valence-electron chi connectivity index (χ3n) is 3.92. The first-order valence-electron chi connectivity index (χ1n) is 7.68. The maximum Gasteiger partial charge on any atom is 0.313 e. The third-order valence-corrected chi connectivity index (χ3v) is 4.45. The van der Waals surface area contributed by atoms with Gasteiger partial charge in [0.25, 0.3) is 0 Å². The molecule has 23 heavy (non-hydrogen) atoms. The van der Waals surface area contributed by atoms with Gasteiger partial charge in [0.2, 0.25) is 0 Å². The molecule has 2 nitrogen and oxygen atoms in total. The minimum atomic E-state index is -0.301. The van der Waals surface area contributed by atoms with Crippen LogP contribution < -0.4 is 0 Å². The van der Waals surface area contributed by atoms with Crippen molar-refractivity contribution in [2.45, 2.75) is 19.3 Å². The van der Waals surface area contributed by atoms with E-state index < -0.39 is 0 Å². The van der Waals surface area contributed by atoms with Gasteiger partial charge in [0.15, 0.2) is 0 Å². The van der Waals surface area contributed by atoms with Crippen LogP contribution in [-0.4, -0.2) is 13.1 Å². The number of hydrogen-bond donors (Lipinski definition) is 0. The van der Waals surface area contributed by atoms with Gasteiger partial charge in [-0.15, -0.1) is 0 Å². The fourth-order valence-corrected chi connectivity index (χ4v) is 2.86. The summed E-state index contributed by atoms with van der Waals surface area (Å²) in [6.07, 6.45) is 2.59. The molecule has 2 aromatic carbocycles. The summed E-state index contributed by atoms with van der Waals surface area (Å²) in [6.45, 7) is 4.13. The summed E-state index contributed by atoms with van der Waals surface area (Å²) in [6, 6.07) is 18.2. The van der Waals surface area contributed by atoms with Crippen LogP contribution in [0.1, 0.15) is 24.0 Å². The predicted octanol–water partition coefficient (Wildman–Crippen LogP) is 5.27. The molecular formula is C20H21BrO2. The number of carbonyl (C=O) groups is 1. The van der Waals surface area contributed by atoms with Gasteiger partial charge in [-0.25, -0.2) is 0 Å². The highest BCUT2D eigenvalue weighted by Crippen LogP contribution is 2.28. The van der Waals surface area contributed by atoms with Crippen LogP contribution in [0, 0.1) is 5.92 Å². The van der Waals surface area contributed by atoms with Crippen LogP contribution >= 0.6 is 15.9 Å². The van der Waals surface area contributed by atoms with E-state index in [0.717, 1.165) is 34.9 Å². The smallest absolute Gasteiger partial charge is 0.313 e. The largest absolute Gasteiger partial charge is 0.469 e. The standard InChI is InChI=1S/C20H21BrO2/c1-15(17-11-13-18(21)14-12-17)19(20(22)23-2)10-6-9-16-7-4-3-5-8-16/h3-5,7-8,11-14,19H,1,6,9-10H2,2H3. The van der Waals surface area contributed by atoms with Gasteiger partial charge in [-0.05, 0) is 48.1 Å². The molecule has 2 aromatic rings.